The standard InChI is InChI=1S/C12H19N3O3S/c1-4-5-8(16)6-13-10(17)9-7(2)14-12(18)15-11(9)19-3/h8,16H,4-6H2,1-3H3,(H,13,17)(H,14,15,18). The first-order valence-electron chi connectivity index (χ1n) is 6.10. The number of aliphatic hydroxyl groups excluding tert-OH is 1. The molecule has 106 valence electrons. The van der Waals surface area contributed by atoms with Gasteiger partial charge in [0, 0.05) is 12.2 Å². The molecule has 1 heterocycles. The van der Waals surface area contributed by atoms with Gasteiger partial charge in [-0.15, -0.1) is 11.8 Å². The summed E-state index contributed by atoms with van der Waals surface area (Å²) in [7, 11) is 0. The highest BCUT2D eigenvalue weighted by Gasteiger charge is 2.17. The zero-order valence-electron chi connectivity index (χ0n) is 11.3. The smallest absolute Gasteiger partial charge is 0.346 e. The number of carbonyl (C=O) groups excluding carboxylic acids is 1. The molecule has 1 aromatic heterocycles. The van der Waals surface area contributed by atoms with Crippen molar-refractivity contribution in [3.63, 3.8) is 0 Å². The fraction of sp³-hybridized carbons (Fsp3) is 0.583. The number of aromatic amines is 1. The molecule has 0 saturated carbocycles. The first-order valence-corrected chi connectivity index (χ1v) is 7.33. The van der Waals surface area contributed by atoms with E-state index in [1.54, 1.807) is 13.2 Å². The lowest BCUT2D eigenvalue weighted by Crippen LogP contribution is -2.33. The van der Waals surface area contributed by atoms with Crippen molar-refractivity contribution in [3.8, 4) is 0 Å². The Balaban J connectivity index is 2.85. The molecule has 19 heavy (non-hydrogen) atoms. The van der Waals surface area contributed by atoms with Crippen LogP contribution in [0.5, 0.6) is 0 Å². The summed E-state index contributed by atoms with van der Waals surface area (Å²) in [5, 5.41) is 12.6. The first-order chi connectivity index (χ1) is 8.99. The third-order valence-corrected chi connectivity index (χ3v) is 3.31. The highest BCUT2D eigenvalue weighted by molar-refractivity contribution is 7.98. The molecule has 0 aliphatic rings. The van der Waals surface area contributed by atoms with Crippen molar-refractivity contribution in [3.05, 3.63) is 21.7 Å². The lowest BCUT2D eigenvalue weighted by Gasteiger charge is -2.13. The van der Waals surface area contributed by atoms with Crippen LogP contribution in [-0.2, 0) is 0 Å². The normalized spacial score (nSPS) is 12.2. The maximum Gasteiger partial charge on any atom is 0.346 e. The van der Waals surface area contributed by atoms with Crippen molar-refractivity contribution in [1.82, 2.24) is 15.3 Å². The van der Waals surface area contributed by atoms with E-state index >= 15 is 0 Å². The predicted molar refractivity (Wildman–Crippen MR) is 74.6 cm³/mol. The molecule has 1 unspecified atom stereocenters. The summed E-state index contributed by atoms with van der Waals surface area (Å²) in [5.41, 5.74) is 0.368. The second-order valence-electron chi connectivity index (χ2n) is 4.20. The number of aryl methyl sites for hydroxylation is 1. The van der Waals surface area contributed by atoms with E-state index in [1.165, 1.54) is 11.8 Å². The molecule has 1 atom stereocenters. The number of carbonyl (C=O) groups is 1. The highest BCUT2D eigenvalue weighted by Crippen LogP contribution is 2.17. The van der Waals surface area contributed by atoms with Gasteiger partial charge in [-0.3, -0.25) is 4.79 Å². The molecule has 0 spiro atoms. The highest BCUT2D eigenvalue weighted by atomic mass is 32.2. The molecule has 0 fully saturated rings. The van der Waals surface area contributed by atoms with E-state index < -0.39 is 11.8 Å². The van der Waals surface area contributed by atoms with Crippen LogP contribution in [0.15, 0.2) is 9.82 Å². The van der Waals surface area contributed by atoms with Gasteiger partial charge in [0.25, 0.3) is 5.91 Å². The van der Waals surface area contributed by atoms with E-state index in [1.807, 2.05) is 6.92 Å². The molecule has 1 aromatic rings. The predicted octanol–water partition coefficient (Wildman–Crippen LogP) is 0.691. The number of nitrogens with zero attached hydrogens (tertiary/aromatic N) is 1. The zero-order valence-corrected chi connectivity index (χ0v) is 12.1. The maximum atomic E-state index is 12.1. The van der Waals surface area contributed by atoms with E-state index in [9.17, 15) is 14.7 Å². The summed E-state index contributed by atoms with van der Waals surface area (Å²) in [4.78, 5) is 29.6. The molecule has 0 aliphatic carbocycles. The van der Waals surface area contributed by atoms with Gasteiger partial charge in [-0.1, -0.05) is 13.3 Å². The second-order valence-corrected chi connectivity index (χ2v) is 5.00. The third-order valence-electron chi connectivity index (χ3n) is 2.63. The third kappa shape index (κ3) is 4.36. The van der Waals surface area contributed by atoms with Gasteiger partial charge in [0.05, 0.1) is 11.7 Å². The molecule has 7 heteroatoms. The van der Waals surface area contributed by atoms with Crippen molar-refractivity contribution in [2.75, 3.05) is 12.8 Å². The summed E-state index contributed by atoms with van der Waals surface area (Å²) in [6.07, 6.45) is 2.69. The van der Waals surface area contributed by atoms with Gasteiger partial charge < -0.3 is 15.4 Å². The van der Waals surface area contributed by atoms with Gasteiger partial charge in [0.2, 0.25) is 0 Å². The number of hydrogen-bond acceptors (Lipinski definition) is 5. The summed E-state index contributed by atoms with van der Waals surface area (Å²) in [5.74, 6) is -0.333. The summed E-state index contributed by atoms with van der Waals surface area (Å²) in [6.45, 7) is 3.81. The SMILES string of the molecule is CCCC(O)CNC(=O)c1c(SC)nc(=O)[nH]c1C. The molecule has 0 bridgehead atoms. The van der Waals surface area contributed by atoms with Crippen LogP contribution in [0.3, 0.4) is 0 Å². The number of hydrogen-bond donors (Lipinski definition) is 3. The van der Waals surface area contributed by atoms with Crippen LogP contribution < -0.4 is 11.0 Å². The van der Waals surface area contributed by atoms with Crippen molar-refractivity contribution >= 4 is 17.7 Å². The van der Waals surface area contributed by atoms with E-state index in [0.29, 0.717) is 22.7 Å². The average molecular weight is 285 g/mol. The molecule has 0 saturated heterocycles. The van der Waals surface area contributed by atoms with Crippen molar-refractivity contribution in [2.24, 2.45) is 0 Å². The molecule has 3 N–H and O–H groups in total. The quantitative estimate of drug-likeness (QED) is 0.528. The summed E-state index contributed by atoms with van der Waals surface area (Å²) < 4.78 is 0. The Kier molecular flexibility index (Phi) is 6.04. The molecule has 0 aromatic carbocycles. The van der Waals surface area contributed by atoms with Gasteiger partial charge in [0.1, 0.15) is 5.03 Å². The molecule has 0 aliphatic heterocycles. The van der Waals surface area contributed by atoms with Gasteiger partial charge in [0.15, 0.2) is 0 Å². The van der Waals surface area contributed by atoms with Crippen LogP contribution in [0.1, 0.15) is 35.8 Å². The number of aromatic nitrogens is 2. The van der Waals surface area contributed by atoms with E-state index in [0.717, 1.165) is 6.42 Å². The fourth-order valence-electron chi connectivity index (χ4n) is 1.71. The number of rotatable bonds is 6. The molecule has 0 radical (unpaired) electrons. The molecular weight excluding hydrogens is 266 g/mol. The topological polar surface area (TPSA) is 95.1 Å². The van der Waals surface area contributed by atoms with Crippen LogP contribution in [0.2, 0.25) is 0 Å². The van der Waals surface area contributed by atoms with Gasteiger partial charge in [-0.05, 0) is 19.6 Å². The lowest BCUT2D eigenvalue weighted by atomic mass is 10.2. The Labute approximate surface area is 116 Å². The van der Waals surface area contributed by atoms with Crippen LogP contribution in [0.4, 0.5) is 0 Å². The van der Waals surface area contributed by atoms with E-state index in [2.05, 4.69) is 15.3 Å². The van der Waals surface area contributed by atoms with Crippen LogP contribution in [-0.4, -0.2) is 39.9 Å². The zero-order chi connectivity index (χ0) is 14.4. The van der Waals surface area contributed by atoms with Crippen LogP contribution in [0.25, 0.3) is 0 Å². The number of amides is 1. The number of H-pyrrole nitrogens is 1. The number of aliphatic hydroxyl groups is 1. The number of nitrogens with one attached hydrogen (secondary N) is 2. The van der Waals surface area contributed by atoms with E-state index in [4.69, 9.17) is 0 Å². The van der Waals surface area contributed by atoms with Crippen LogP contribution in [0, 0.1) is 6.92 Å². The Morgan fingerprint density at radius 2 is 2.26 bits per heavy atom. The van der Waals surface area contributed by atoms with Crippen molar-refractivity contribution < 1.29 is 9.90 Å². The van der Waals surface area contributed by atoms with Gasteiger partial charge >= 0.3 is 5.69 Å². The second kappa shape index (κ2) is 7.30. The molecule has 6 nitrogen and oxygen atoms in total. The Hall–Kier alpha value is -1.34. The maximum absolute atomic E-state index is 12.1. The summed E-state index contributed by atoms with van der Waals surface area (Å²) in [6, 6.07) is 0. The lowest BCUT2D eigenvalue weighted by molar-refractivity contribution is 0.0905. The Bertz CT molecular complexity index is 501. The van der Waals surface area contributed by atoms with Crippen molar-refractivity contribution in [1.29, 1.82) is 0 Å². The average Bonchev–Trinajstić information content (AvgIpc) is 2.35. The largest absolute Gasteiger partial charge is 0.391 e. The number of thioether (sulfide) groups is 1. The summed E-state index contributed by atoms with van der Waals surface area (Å²) >= 11 is 1.24. The first kappa shape index (κ1) is 15.7. The Morgan fingerprint density at radius 1 is 1.58 bits per heavy atom. The fourth-order valence-corrected chi connectivity index (χ4v) is 2.33. The molecular formula is C12H19N3O3S. The molecule has 1 amide bonds. The Morgan fingerprint density at radius 3 is 2.84 bits per heavy atom. The van der Waals surface area contributed by atoms with Gasteiger partial charge in [-0.25, -0.2) is 4.79 Å². The van der Waals surface area contributed by atoms with E-state index in [-0.39, 0.29) is 12.5 Å². The minimum Gasteiger partial charge on any atom is -0.391 e. The minimum atomic E-state index is -0.553. The monoisotopic (exact) mass is 285 g/mol. The van der Waals surface area contributed by atoms with Crippen LogP contribution >= 0.6 is 11.8 Å². The molecule has 1 rings (SSSR count). The van der Waals surface area contributed by atoms with Crippen molar-refractivity contribution in [2.45, 2.75) is 37.8 Å². The minimum absolute atomic E-state index is 0.194. The van der Waals surface area contributed by atoms with Gasteiger partial charge in [-0.2, -0.15) is 4.98 Å².